The van der Waals surface area contributed by atoms with Crippen LogP contribution in [0.5, 0.6) is 0 Å². The molecule has 1 aliphatic rings. The summed E-state index contributed by atoms with van der Waals surface area (Å²) in [6.07, 6.45) is 1.60. The molecular weight excluding hydrogens is 322 g/mol. The van der Waals surface area contributed by atoms with Gasteiger partial charge in [-0.2, -0.15) is 4.37 Å². The van der Waals surface area contributed by atoms with Crippen LogP contribution in [0.15, 0.2) is 36.7 Å². The van der Waals surface area contributed by atoms with Gasteiger partial charge in [0.25, 0.3) is 0 Å². The number of likely N-dealkylation sites (N-methyl/N-ethyl adjacent to an activating group) is 1. The van der Waals surface area contributed by atoms with Crippen molar-refractivity contribution >= 4 is 27.6 Å². The molecule has 1 fully saturated rings. The number of benzene rings is 1. The van der Waals surface area contributed by atoms with Gasteiger partial charge in [0.15, 0.2) is 5.82 Å². The van der Waals surface area contributed by atoms with Crippen LogP contribution in [0.2, 0.25) is 0 Å². The van der Waals surface area contributed by atoms with Crippen molar-refractivity contribution in [1.82, 2.24) is 19.2 Å². The van der Waals surface area contributed by atoms with E-state index in [0.717, 1.165) is 46.9 Å². The number of aromatic nitrogens is 3. The van der Waals surface area contributed by atoms with Crippen LogP contribution < -0.4 is 4.90 Å². The predicted octanol–water partition coefficient (Wildman–Crippen LogP) is 1.87. The van der Waals surface area contributed by atoms with Gasteiger partial charge in [0, 0.05) is 25.2 Å². The molecule has 24 heavy (non-hydrogen) atoms. The van der Waals surface area contributed by atoms with Gasteiger partial charge in [-0.1, -0.05) is 30.3 Å². The average molecular weight is 341 g/mol. The molecule has 1 aliphatic heterocycles. The Bertz CT molecular complexity index is 837. The van der Waals surface area contributed by atoms with Crippen molar-refractivity contribution < 1.29 is 5.11 Å². The van der Waals surface area contributed by atoms with Gasteiger partial charge in [0.1, 0.15) is 22.2 Å². The van der Waals surface area contributed by atoms with Crippen LogP contribution in [0.1, 0.15) is 0 Å². The van der Waals surface area contributed by atoms with Crippen LogP contribution in [-0.4, -0.2) is 63.7 Å². The van der Waals surface area contributed by atoms with Crippen LogP contribution >= 0.6 is 11.5 Å². The number of rotatable bonds is 3. The van der Waals surface area contributed by atoms with Gasteiger partial charge in [-0.15, -0.1) is 0 Å². The third-order valence-electron chi connectivity index (χ3n) is 4.45. The molecule has 0 saturated carbocycles. The van der Waals surface area contributed by atoms with Gasteiger partial charge in [-0.3, -0.25) is 0 Å². The van der Waals surface area contributed by atoms with Crippen molar-refractivity contribution in [1.29, 1.82) is 0 Å². The molecule has 7 heteroatoms. The molecule has 0 bridgehead atoms. The molecule has 4 rings (SSSR count). The summed E-state index contributed by atoms with van der Waals surface area (Å²) >= 11 is 1.43. The predicted molar refractivity (Wildman–Crippen MR) is 96.4 cm³/mol. The minimum atomic E-state index is 0.0455. The van der Waals surface area contributed by atoms with E-state index in [0.29, 0.717) is 0 Å². The Morgan fingerprint density at radius 1 is 1.21 bits per heavy atom. The highest BCUT2D eigenvalue weighted by molar-refractivity contribution is 7.14. The lowest BCUT2D eigenvalue weighted by Crippen LogP contribution is -2.53. The lowest BCUT2D eigenvalue weighted by molar-refractivity contribution is 0.190. The molecule has 6 nitrogen and oxygen atoms in total. The van der Waals surface area contributed by atoms with Crippen molar-refractivity contribution in [3.8, 4) is 11.3 Å². The Labute approximate surface area is 144 Å². The standard InChI is InChI=1S/C17H19N5OS/c1-21-7-8-22(13(9-21)10-23)17-16-15(18-11-19-17)14(20-24-16)12-5-3-2-4-6-12/h2-6,11,13,23H,7-10H2,1H3. The molecule has 1 N–H and O–H groups in total. The van der Waals surface area contributed by atoms with Gasteiger partial charge in [-0.05, 0) is 18.6 Å². The number of anilines is 1. The number of hydrogen-bond acceptors (Lipinski definition) is 7. The second-order valence-corrected chi connectivity index (χ2v) is 6.84. The highest BCUT2D eigenvalue weighted by atomic mass is 32.1. The monoisotopic (exact) mass is 341 g/mol. The highest BCUT2D eigenvalue weighted by Crippen LogP contribution is 2.35. The average Bonchev–Trinajstić information content (AvgIpc) is 3.06. The summed E-state index contributed by atoms with van der Waals surface area (Å²) in [5.74, 6) is 0.881. The van der Waals surface area contributed by atoms with Crippen LogP contribution in [0.4, 0.5) is 5.82 Å². The molecule has 3 heterocycles. The Balaban J connectivity index is 1.79. The minimum Gasteiger partial charge on any atom is -0.394 e. The zero-order valence-electron chi connectivity index (χ0n) is 13.5. The Kier molecular flexibility index (Phi) is 4.13. The number of aliphatic hydroxyl groups excluding tert-OH is 1. The van der Waals surface area contributed by atoms with E-state index in [4.69, 9.17) is 0 Å². The molecule has 124 valence electrons. The van der Waals surface area contributed by atoms with Crippen LogP contribution in [0, 0.1) is 0 Å². The van der Waals surface area contributed by atoms with E-state index in [9.17, 15) is 5.11 Å². The lowest BCUT2D eigenvalue weighted by atomic mass is 10.1. The van der Waals surface area contributed by atoms with Crippen LogP contribution in [0.3, 0.4) is 0 Å². The van der Waals surface area contributed by atoms with Gasteiger partial charge >= 0.3 is 0 Å². The number of hydrogen-bond donors (Lipinski definition) is 1. The molecule has 1 aromatic carbocycles. The first-order valence-corrected chi connectivity index (χ1v) is 8.77. The molecule has 1 unspecified atom stereocenters. The maximum Gasteiger partial charge on any atom is 0.152 e. The van der Waals surface area contributed by atoms with Gasteiger partial charge in [0.2, 0.25) is 0 Å². The summed E-state index contributed by atoms with van der Waals surface area (Å²) in [6, 6.07) is 10.1. The fraction of sp³-hybridized carbons (Fsp3) is 0.353. The fourth-order valence-corrected chi connectivity index (χ4v) is 4.05. The fourth-order valence-electron chi connectivity index (χ4n) is 3.19. The Hall–Kier alpha value is -2.09. The number of aliphatic hydroxyl groups is 1. The molecule has 0 spiro atoms. The normalized spacial score (nSPS) is 19.1. The number of nitrogens with zero attached hydrogens (tertiary/aromatic N) is 5. The van der Waals surface area contributed by atoms with E-state index in [1.54, 1.807) is 6.33 Å². The van der Waals surface area contributed by atoms with E-state index >= 15 is 0 Å². The van der Waals surface area contributed by atoms with Gasteiger partial charge in [0.05, 0.1) is 12.6 Å². The quantitative estimate of drug-likeness (QED) is 0.784. The molecule has 0 aliphatic carbocycles. The van der Waals surface area contributed by atoms with E-state index in [-0.39, 0.29) is 12.6 Å². The maximum atomic E-state index is 9.77. The van der Waals surface area contributed by atoms with E-state index < -0.39 is 0 Å². The second kappa shape index (κ2) is 6.43. The summed E-state index contributed by atoms with van der Waals surface area (Å²) in [6.45, 7) is 2.73. The highest BCUT2D eigenvalue weighted by Gasteiger charge is 2.28. The van der Waals surface area contributed by atoms with Gasteiger partial charge < -0.3 is 14.9 Å². The molecule has 3 aromatic rings. The smallest absolute Gasteiger partial charge is 0.152 e. The molecule has 0 amide bonds. The number of piperazine rings is 1. The molecule has 1 saturated heterocycles. The number of fused-ring (bicyclic) bond motifs is 1. The zero-order chi connectivity index (χ0) is 16.5. The largest absolute Gasteiger partial charge is 0.394 e. The summed E-state index contributed by atoms with van der Waals surface area (Å²) in [5, 5.41) is 9.77. The van der Waals surface area contributed by atoms with E-state index in [2.05, 4.69) is 31.2 Å². The minimum absolute atomic E-state index is 0.0455. The van der Waals surface area contributed by atoms with Crippen molar-refractivity contribution in [2.75, 3.05) is 38.2 Å². The van der Waals surface area contributed by atoms with Crippen LogP contribution in [-0.2, 0) is 0 Å². The first-order chi connectivity index (χ1) is 11.8. The first-order valence-electron chi connectivity index (χ1n) is 8.00. The van der Waals surface area contributed by atoms with Crippen molar-refractivity contribution in [3.63, 3.8) is 0 Å². The third kappa shape index (κ3) is 2.64. The summed E-state index contributed by atoms with van der Waals surface area (Å²) in [5.41, 5.74) is 2.84. The Morgan fingerprint density at radius 3 is 2.83 bits per heavy atom. The summed E-state index contributed by atoms with van der Waals surface area (Å²) < 4.78 is 5.61. The first kappa shape index (κ1) is 15.4. The molecular formula is C17H19N5OS. The third-order valence-corrected chi connectivity index (χ3v) is 5.29. The van der Waals surface area contributed by atoms with E-state index in [1.165, 1.54) is 11.5 Å². The Morgan fingerprint density at radius 2 is 2.04 bits per heavy atom. The van der Waals surface area contributed by atoms with Crippen molar-refractivity contribution in [3.05, 3.63) is 36.7 Å². The van der Waals surface area contributed by atoms with Crippen LogP contribution in [0.25, 0.3) is 21.5 Å². The maximum absolute atomic E-state index is 9.77. The molecule has 1 atom stereocenters. The summed E-state index contributed by atoms with van der Waals surface area (Å²) in [4.78, 5) is 13.4. The molecule has 2 aromatic heterocycles. The van der Waals surface area contributed by atoms with Crippen molar-refractivity contribution in [2.24, 2.45) is 0 Å². The SMILES string of the molecule is CN1CCN(c2ncnc3c(-c4ccccc4)nsc23)C(CO)C1. The zero-order valence-corrected chi connectivity index (χ0v) is 14.3. The van der Waals surface area contributed by atoms with Gasteiger partial charge in [-0.25, -0.2) is 9.97 Å². The van der Waals surface area contributed by atoms with Crippen molar-refractivity contribution in [2.45, 2.75) is 6.04 Å². The second-order valence-electron chi connectivity index (χ2n) is 6.06. The molecule has 0 radical (unpaired) electrons. The van der Waals surface area contributed by atoms with E-state index in [1.807, 2.05) is 30.3 Å². The topological polar surface area (TPSA) is 65.4 Å². The summed E-state index contributed by atoms with van der Waals surface area (Å²) in [7, 11) is 2.08. The lowest BCUT2D eigenvalue weighted by Gasteiger charge is -2.39.